The Morgan fingerprint density at radius 1 is 0.481 bits per heavy atom. The van der Waals surface area contributed by atoms with Crippen molar-refractivity contribution in [3.05, 3.63) is 119 Å². The molecule has 282 valence electrons. The first-order chi connectivity index (χ1) is 23.8. The highest BCUT2D eigenvalue weighted by molar-refractivity contribution is 7.90. The van der Waals surface area contributed by atoms with Gasteiger partial charge in [0.05, 0.1) is 12.1 Å². The van der Waals surface area contributed by atoms with E-state index in [0.717, 1.165) is 82.2 Å². The van der Waals surface area contributed by atoms with Gasteiger partial charge >= 0.3 is 51.3 Å². The molecule has 0 bridgehead atoms. The maximum absolute atomic E-state index is 13.8. The van der Waals surface area contributed by atoms with E-state index >= 15 is 0 Å². The predicted octanol–water partition coefficient (Wildman–Crippen LogP) is 5.50. The Labute approximate surface area is 294 Å². The fourth-order valence-electron chi connectivity index (χ4n) is 4.46. The quantitative estimate of drug-likeness (QED) is 0.129. The zero-order valence-corrected chi connectivity index (χ0v) is 29.6. The molecule has 4 rings (SSSR count). The maximum Gasteiger partial charge on any atom is 0.511 e. The van der Waals surface area contributed by atoms with E-state index in [9.17, 15) is 60.0 Å². The second-order valence-corrected chi connectivity index (χ2v) is 17.4. The van der Waals surface area contributed by atoms with Crippen LogP contribution in [0.3, 0.4) is 0 Å². The van der Waals surface area contributed by atoms with Crippen molar-refractivity contribution in [1.82, 2.24) is 9.44 Å². The number of benzene rings is 4. The molecule has 0 aliphatic heterocycles. The minimum atomic E-state index is -6.63. The van der Waals surface area contributed by atoms with Gasteiger partial charge in [0.1, 0.15) is 21.3 Å². The van der Waals surface area contributed by atoms with E-state index in [0.29, 0.717) is 11.1 Å². The fraction of sp³-hybridized carbons (Fsp3) is 0.200. The molecular weight excluding hydrogens is 791 g/mol. The molecule has 12 nitrogen and oxygen atoms in total. The van der Waals surface area contributed by atoms with E-state index in [1.807, 2.05) is 0 Å². The average molecular weight is 817 g/mol. The van der Waals surface area contributed by atoms with E-state index in [1.165, 1.54) is 24.3 Å². The molecule has 0 unspecified atom stereocenters. The van der Waals surface area contributed by atoms with E-state index in [1.54, 1.807) is 13.8 Å². The normalized spacial score (nSPS) is 14.4. The van der Waals surface area contributed by atoms with Crippen LogP contribution in [-0.2, 0) is 40.3 Å². The predicted molar refractivity (Wildman–Crippen MR) is 173 cm³/mol. The van der Waals surface area contributed by atoms with Gasteiger partial charge in [-0.15, -0.1) is 0 Å². The van der Waals surface area contributed by atoms with Gasteiger partial charge in [0.25, 0.3) is 0 Å². The van der Waals surface area contributed by atoms with Crippen LogP contribution in [0.5, 0.6) is 11.5 Å². The lowest BCUT2D eigenvalue weighted by Gasteiger charge is -2.31. The smallest absolute Gasteiger partial charge is 0.379 e. The van der Waals surface area contributed by atoms with E-state index < -0.39 is 95.8 Å². The molecule has 0 saturated heterocycles. The molecule has 52 heavy (non-hydrogen) atoms. The van der Waals surface area contributed by atoms with Crippen molar-refractivity contribution in [2.45, 2.75) is 46.7 Å². The van der Waals surface area contributed by atoms with Gasteiger partial charge in [0, 0.05) is 11.1 Å². The second kappa shape index (κ2) is 14.7. The van der Waals surface area contributed by atoms with Gasteiger partial charge in [-0.25, -0.2) is 16.8 Å². The molecule has 0 aromatic heterocycles. The molecule has 4 aromatic carbocycles. The van der Waals surface area contributed by atoms with E-state index in [-0.39, 0.29) is 0 Å². The minimum absolute atomic E-state index is 0.505. The number of nitrogens with one attached hydrogen (secondary N) is 2. The van der Waals surface area contributed by atoms with Crippen LogP contribution in [0.15, 0.2) is 107 Å². The van der Waals surface area contributed by atoms with Gasteiger partial charge in [0.2, 0.25) is 0 Å². The summed E-state index contributed by atoms with van der Waals surface area (Å²) in [7, 11) is -23.1. The number of aryl methyl sites for hydroxylation is 2. The van der Waals surface area contributed by atoms with Crippen LogP contribution in [0.2, 0.25) is 0 Å². The molecule has 22 heteroatoms. The summed E-state index contributed by atoms with van der Waals surface area (Å²) in [5.74, 6) is -1.92. The van der Waals surface area contributed by atoms with Gasteiger partial charge in [-0.2, -0.15) is 52.6 Å². The van der Waals surface area contributed by atoms with Crippen molar-refractivity contribution in [2.24, 2.45) is 0 Å². The molecule has 0 heterocycles. The first kappa shape index (κ1) is 40.5. The summed E-state index contributed by atoms with van der Waals surface area (Å²) in [5.41, 5.74) is -13.0. The second-order valence-electron chi connectivity index (χ2n) is 10.9. The summed E-state index contributed by atoms with van der Waals surface area (Å²) in [6, 6.07) is 11.2. The Morgan fingerprint density at radius 2 is 0.769 bits per heavy atom. The van der Waals surface area contributed by atoms with Crippen molar-refractivity contribution < 1.29 is 68.4 Å². The lowest BCUT2D eigenvalue weighted by molar-refractivity contribution is -0.0465. The highest BCUT2D eigenvalue weighted by Crippen LogP contribution is 2.42. The highest BCUT2D eigenvalue weighted by Gasteiger charge is 2.52. The van der Waals surface area contributed by atoms with Gasteiger partial charge in [-0.05, 0) is 50.2 Å². The Bertz CT molecular complexity index is 2200. The summed E-state index contributed by atoms with van der Waals surface area (Å²) in [5, 5.41) is 0. The Kier molecular flexibility index (Phi) is 11.4. The number of alkyl halides is 6. The molecule has 2 atom stereocenters. The molecule has 0 spiro atoms. The summed E-state index contributed by atoms with van der Waals surface area (Å²) in [6.07, 6.45) is 0. The van der Waals surface area contributed by atoms with Gasteiger partial charge < -0.3 is 8.37 Å². The molecule has 0 saturated carbocycles. The topological polar surface area (TPSA) is 179 Å². The molecule has 4 aromatic rings. The molecule has 0 aliphatic rings. The van der Waals surface area contributed by atoms with Crippen LogP contribution < -0.4 is 17.8 Å². The molecular formula is C30H26F6N2O10S4. The third-order valence-corrected chi connectivity index (χ3v) is 11.9. The molecule has 0 radical (unpaired) electrons. The van der Waals surface area contributed by atoms with Crippen LogP contribution in [0, 0.1) is 13.8 Å². The first-order valence-corrected chi connectivity index (χ1v) is 20.0. The first-order valence-electron chi connectivity index (χ1n) is 14.2. The summed E-state index contributed by atoms with van der Waals surface area (Å²) < 4.78 is 199. The van der Waals surface area contributed by atoms with Crippen molar-refractivity contribution in [2.75, 3.05) is 0 Å². The van der Waals surface area contributed by atoms with Gasteiger partial charge in [0.15, 0.2) is 0 Å². The molecule has 0 amide bonds. The number of halogens is 6. The molecule has 0 aliphatic carbocycles. The van der Waals surface area contributed by atoms with Crippen LogP contribution in [-0.4, -0.2) is 44.7 Å². The molecule has 0 fully saturated rings. The number of sulfonamides is 2. The van der Waals surface area contributed by atoms with Crippen molar-refractivity contribution in [3.8, 4) is 11.5 Å². The lowest BCUT2D eigenvalue weighted by Crippen LogP contribution is -2.47. The van der Waals surface area contributed by atoms with Crippen molar-refractivity contribution in [3.63, 3.8) is 0 Å². The number of rotatable bonds is 13. The third-order valence-electron chi connectivity index (χ3n) is 7.03. The Hall–Kier alpha value is -4.22. The lowest BCUT2D eigenvalue weighted by atomic mass is 9.93. The van der Waals surface area contributed by atoms with Gasteiger partial charge in [-0.3, -0.25) is 0 Å². The van der Waals surface area contributed by atoms with Crippen molar-refractivity contribution >= 4 is 40.3 Å². The standard InChI is InChI=1S/C30H26F6N2O10S4/c1-19-11-15-21(16-12-19)49(39,40)47-25-9-5-3-7-23(25)27(37-51(43,44)29(31,32)33)28(38-52(45,46)30(34,35)36)24-8-4-6-10-26(24)48-50(41,42)22-17-13-20(2)14-18-22/h3-18,27-28,37-38H,1-2H3/t27-,28-/m1/s1. The van der Waals surface area contributed by atoms with Crippen LogP contribution in [0.4, 0.5) is 26.3 Å². The number of hydrogen-bond donors (Lipinski definition) is 2. The van der Waals surface area contributed by atoms with Gasteiger partial charge in [-0.1, -0.05) is 71.8 Å². The maximum atomic E-state index is 13.8. The minimum Gasteiger partial charge on any atom is -0.379 e. The van der Waals surface area contributed by atoms with E-state index in [2.05, 4.69) is 0 Å². The van der Waals surface area contributed by atoms with Crippen molar-refractivity contribution in [1.29, 1.82) is 0 Å². The highest BCUT2D eigenvalue weighted by atomic mass is 32.2. The summed E-state index contributed by atoms with van der Waals surface area (Å²) in [4.78, 5) is -1.01. The number of hydrogen-bond acceptors (Lipinski definition) is 10. The fourth-order valence-corrected chi connectivity index (χ4v) is 7.83. The summed E-state index contributed by atoms with van der Waals surface area (Å²) >= 11 is 0. The SMILES string of the molecule is Cc1ccc(S(=O)(=O)Oc2ccccc2[C@@H](NS(=O)(=O)C(F)(F)F)[C@H](NS(=O)(=O)C(F)(F)F)c2ccccc2OS(=O)(=O)c2ccc(C)cc2)cc1. The third kappa shape index (κ3) is 9.22. The molecule has 2 N–H and O–H groups in total. The number of para-hydroxylation sites is 2. The Balaban J connectivity index is 2.01. The van der Waals surface area contributed by atoms with Crippen LogP contribution in [0.1, 0.15) is 34.3 Å². The zero-order valence-electron chi connectivity index (χ0n) is 26.4. The Morgan fingerprint density at radius 3 is 1.06 bits per heavy atom. The largest absolute Gasteiger partial charge is 0.511 e. The monoisotopic (exact) mass is 816 g/mol. The average Bonchev–Trinajstić information content (AvgIpc) is 3.02. The zero-order chi connectivity index (χ0) is 38.9. The summed E-state index contributed by atoms with van der Waals surface area (Å²) in [6.45, 7) is 3.22. The van der Waals surface area contributed by atoms with E-state index in [4.69, 9.17) is 8.37 Å². The van der Waals surface area contributed by atoms with Crippen LogP contribution in [0.25, 0.3) is 0 Å². The van der Waals surface area contributed by atoms with Crippen LogP contribution >= 0.6 is 0 Å².